The molecule has 0 spiro atoms. The Morgan fingerprint density at radius 3 is 2.80 bits per heavy atom. The Morgan fingerprint density at radius 1 is 1.26 bits per heavy atom. The molecular weight excluding hydrogens is 475 g/mol. The smallest absolute Gasteiger partial charge is 0.367 e. The average Bonchev–Trinajstić information content (AvgIpc) is 3.50. The number of anilines is 1. The van der Waals surface area contributed by atoms with E-state index in [9.17, 15) is 13.2 Å². The topological polar surface area (TPSA) is 72.9 Å². The molecule has 3 atom stereocenters. The first-order valence-corrected chi connectivity index (χ1v) is 12.9. The minimum absolute atomic E-state index is 0.0718. The zero-order chi connectivity index (χ0) is 24.7. The van der Waals surface area contributed by atoms with Crippen molar-refractivity contribution in [2.24, 2.45) is 11.3 Å². The largest absolute Gasteiger partial charge is 0.410 e. The predicted octanol–water partition coefficient (Wildman–Crippen LogP) is 6.05. The molecule has 35 heavy (non-hydrogen) atoms. The van der Waals surface area contributed by atoms with E-state index in [1.807, 2.05) is 0 Å². The van der Waals surface area contributed by atoms with Crippen molar-refractivity contribution in [3.63, 3.8) is 0 Å². The van der Waals surface area contributed by atoms with Crippen molar-refractivity contribution in [1.29, 1.82) is 0 Å². The third kappa shape index (κ3) is 3.53. The fourth-order valence-electron chi connectivity index (χ4n) is 5.55. The van der Waals surface area contributed by atoms with E-state index in [2.05, 4.69) is 41.3 Å². The Kier molecular flexibility index (Phi) is 4.97. The molecule has 0 saturated carbocycles. The number of nitrogens with zero attached hydrogens (tertiary/aromatic N) is 6. The van der Waals surface area contributed by atoms with Crippen LogP contribution in [0.2, 0.25) is 0 Å². The lowest BCUT2D eigenvalue weighted by Crippen LogP contribution is -2.38. The lowest BCUT2D eigenvalue weighted by Gasteiger charge is -2.36. The van der Waals surface area contributed by atoms with Crippen LogP contribution in [0.4, 0.5) is 19.0 Å². The third-order valence-electron chi connectivity index (χ3n) is 8.07. The van der Waals surface area contributed by atoms with Gasteiger partial charge in [0, 0.05) is 10.9 Å². The average molecular weight is 504 g/mol. The van der Waals surface area contributed by atoms with Crippen LogP contribution >= 0.6 is 11.3 Å². The van der Waals surface area contributed by atoms with E-state index in [1.165, 1.54) is 16.6 Å². The molecule has 2 aliphatic rings. The maximum absolute atomic E-state index is 13.7. The van der Waals surface area contributed by atoms with Crippen LogP contribution < -0.4 is 5.32 Å². The van der Waals surface area contributed by atoms with E-state index < -0.39 is 12.2 Å². The molecule has 186 valence electrons. The molecule has 1 aliphatic heterocycles. The van der Waals surface area contributed by atoms with Crippen LogP contribution in [0.15, 0.2) is 12.5 Å². The lowest BCUT2D eigenvalue weighted by atomic mass is 9.70. The van der Waals surface area contributed by atoms with Gasteiger partial charge in [-0.25, -0.2) is 19.2 Å². The van der Waals surface area contributed by atoms with Crippen molar-refractivity contribution in [1.82, 2.24) is 29.4 Å². The van der Waals surface area contributed by atoms with Gasteiger partial charge in [0.1, 0.15) is 17.0 Å². The first kappa shape index (κ1) is 22.8. The highest BCUT2D eigenvalue weighted by Gasteiger charge is 2.46. The summed E-state index contributed by atoms with van der Waals surface area (Å²) in [4.78, 5) is 11.8. The van der Waals surface area contributed by atoms with Gasteiger partial charge in [0.25, 0.3) is 0 Å². The summed E-state index contributed by atoms with van der Waals surface area (Å²) in [5.74, 6) is 1.29. The maximum Gasteiger partial charge on any atom is 0.410 e. The normalized spacial score (nSPS) is 22.9. The lowest BCUT2D eigenvalue weighted by molar-refractivity contribution is -0.173. The highest BCUT2D eigenvalue weighted by molar-refractivity contribution is 7.19. The van der Waals surface area contributed by atoms with Crippen molar-refractivity contribution in [2.75, 3.05) is 5.32 Å². The third-order valence-corrected chi connectivity index (χ3v) is 9.23. The molecule has 1 aliphatic carbocycles. The molecule has 0 radical (unpaired) electrons. The van der Waals surface area contributed by atoms with Gasteiger partial charge in [0.05, 0.1) is 17.1 Å². The second-order valence-corrected chi connectivity index (χ2v) is 11.7. The molecule has 6 rings (SSSR count). The van der Waals surface area contributed by atoms with Crippen molar-refractivity contribution >= 4 is 33.0 Å². The van der Waals surface area contributed by atoms with Crippen LogP contribution in [0.1, 0.15) is 63.4 Å². The fraction of sp³-hybridized carbons (Fsp3) is 0.583. The number of fused-ring (bicyclic) bond motifs is 6. The van der Waals surface area contributed by atoms with Crippen LogP contribution in [-0.4, -0.2) is 41.6 Å². The second-order valence-electron chi connectivity index (χ2n) is 10.6. The van der Waals surface area contributed by atoms with Gasteiger partial charge in [-0.1, -0.05) is 27.2 Å². The molecule has 7 nitrogen and oxygen atoms in total. The SMILES string of the molecule is CCC(C)(C)C1CCc2c(sc3ncn4nc(-c5cnn6c5NC(C)CC6C(F)(F)F)nc4c23)C1. The standard InChI is InChI=1S/C24H28F3N7S/c1-5-23(3,4)13-6-7-14-16(9-13)35-22-18(14)21-31-19(32-33(21)11-28-22)15-10-29-34-17(24(25,26)27)8-12(2)30-20(15)34/h10-13,17,30H,5-9H2,1-4H3. The van der Waals surface area contributed by atoms with Crippen molar-refractivity contribution in [3.8, 4) is 11.4 Å². The van der Waals surface area contributed by atoms with Gasteiger partial charge in [-0.3, -0.25) is 0 Å². The zero-order valence-corrected chi connectivity index (χ0v) is 21.0. The van der Waals surface area contributed by atoms with Gasteiger partial charge in [-0.15, -0.1) is 16.4 Å². The molecule has 4 aromatic heterocycles. The number of thiophene rings is 1. The number of aryl methyl sites for hydroxylation is 1. The van der Waals surface area contributed by atoms with Gasteiger partial charge in [0.2, 0.25) is 0 Å². The number of aromatic nitrogens is 6. The summed E-state index contributed by atoms with van der Waals surface area (Å²) < 4.78 is 43.7. The maximum atomic E-state index is 13.7. The summed E-state index contributed by atoms with van der Waals surface area (Å²) in [6.45, 7) is 8.70. The minimum atomic E-state index is -4.38. The van der Waals surface area contributed by atoms with Crippen LogP contribution in [0.3, 0.4) is 0 Å². The molecule has 0 bridgehead atoms. The van der Waals surface area contributed by atoms with Crippen LogP contribution in [0, 0.1) is 11.3 Å². The highest BCUT2D eigenvalue weighted by Crippen LogP contribution is 2.46. The number of alkyl halides is 3. The molecule has 0 fully saturated rings. The Bertz CT molecular complexity index is 1430. The highest BCUT2D eigenvalue weighted by atomic mass is 32.1. The van der Waals surface area contributed by atoms with E-state index in [-0.39, 0.29) is 12.5 Å². The molecule has 3 unspecified atom stereocenters. The monoisotopic (exact) mass is 503 g/mol. The Morgan fingerprint density at radius 2 is 2.06 bits per heavy atom. The van der Waals surface area contributed by atoms with E-state index in [0.717, 1.165) is 40.6 Å². The number of nitrogens with one attached hydrogen (secondary N) is 1. The van der Waals surface area contributed by atoms with Gasteiger partial charge in [-0.2, -0.15) is 18.3 Å². The second kappa shape index (κ2) is 7.65. The van der Waals surface area contributed by atoms with E-state index >= 15 is 0 Å². The Balaban J connectivity index is 1.44. The van der Waals surface area contributed by atoms with E-state index in [4.69, 9.17) is 4.98 Å². The van der Waals surface area contributed by atoms with Gasteiger partial charge >= 0.3 is 6.18 Å². The summed E-state index contributed by atoms with van der Waals surface area (Å²) >= 11 is 1.73. The first-order valence-electron chi connectivity index (χ1n) is 12.1. The quantitative estimate of drug-likeness (QED) is 0.368. The van der Waals surface area contributed by atoms with Crippen LogP contribution in [-0.2, 0) is 12.8 Å². The minimum Gasteiger partial charge on any atom is -0.367 e. The van der Waals surface area contributed by atoms with Gasteiger partial charge in [-0.05, 0) is 49.5 Å². The molecule has 0 aromatic carbocycles. The molecule has 11 heteroatoms. The summed E-state index contributed by atoms with van der Waals surface area (Å²) in [7, 11) is 0. The van der Waals surface area contributed by atoms with Crippen LogP contribution in [0.5, 0.6) is 0 Å². The predicted molar refractivity (Wildman–Crippen MR) is 130 cm³/mol. The number of hydrogen-bond acceptors (Lipinski definition) is 6. The van der Waals surface area contributed by atoms with Gasteiger partial charge < -0.3 is 5.32 Å². The molecule has 5 heterocycles. The molecular formula is C24H28F3N7S. The fourth-order valence-corrected chi connectivity index (χ4v) is 6.81. The zero-order valence-electron chi connectivity index (χ0n) is 20.1. The Labute approximate surface area is 204 Å². The Hall–Kier alpha value is -2.69. The van der Waals surface area contributed by atoms with Crippen molar-refractivity contribution in [3.05, 3.63) is 23.0 Å². The van der Waals surface area contributed by atoms with E-state index in [1.54, 1.807) is 29.1 Å². The van der Waals surface area contributed by atoms with E-state index in [0.29, 0.717) is 34.2 Å². The first-order chi connectivity index (χ1) is 16.6. The molecule has 1 N–H and O–H groups in total. The van der Waals surface area contributed by atoms with Gasteiger partial charge in [0.15, 0.2) is 17.5 Å². The summed E-state index contributed by atoms with van der Waals surface area (Å²) in [5.41, 5.74) is 2.76. The number of rotatable bonds is 3. The number of halogens is 3. The molecule has 0 amide bonds. The summed E-state index contributed by atoms with van der Waals surface area (Å²) in [5, 5.41) is 12.9. The molecule has 4 aromatic rings. The molecule has 0 saturated heterocycles. The number of hydrogen-bond donors (Lipinski definition) is 1. The summed E-state index contributed by atoms with van der Waals surface area (Å²) in [6.07, 6.45) is 2.91. The van der Waals surface area contributed by atoms with Crippen molar-refractivity contribution in [2.45, 2.75) is 78.1 Å². The summed E-state index contributed by atoms with van der Waals surface area (Å²) in [6, 6.07) is -2.02. The van der Waals surface area contributed by atoms with Crippen LogP contribution in [0.25, 0.3) is 27.3 Å². The van der Waals surface area contributed by atoms with Crippen molar-refractivity contribution < 1.29 is 13.2 Å².